The van der Waals surface area contributed by atoms with Crippen LogP contribution in [0.1, 0.15) is 20.3 Å². The van der Waals surface area contributed by atoms with Crippen LogP contribution in [0.15, 0.2) is 0 Å². The minimum absolute atomic E-state index is 0.0345. The van der Waals surface area contributed by atoms with E-state index in [2.05, 4.69) is 16.6 Å². The smallest absolute Gasteiger partial charge is 0.234 e. The molecule has 0 rings (SSSR count). The van der Waals surface area contributed by atoms with Gasteiger partial charge in [-0.3, -0.25) is 4.79 Å². The minimum atomic E-state index is -0.0385. The van der Waals surface area contributed by atoms with Crippen molar-refractivity contribution in [1.29, 1.82) is 0 Å². The van der Waals surface area contributed by atoms with E-state index in [1.807, 2.05) is 13.8 Å². The van der Waals surface area contributed by atoms with Crippen molar-refractivity contribution in [2.24, 2.45) is 0 Å². The number of ether oxygens (including phenoxy) is 1. The van der Waals surface area contributed by atoms with Gasteiger partial charge in [-0.15, -0.1) is 12.3 Å². The summed E-state index contributed by atoms with van der Waals surface area (Å²) in [7, 11) is 1.61. The molecular weight excluding hydrogens is 192 g/mol. The van der Waals surface area contributed by atoms with E-state index in [-0.39, 0.29) is 24.5 Å². The van der Waals surface area contributed by atoms with Gasteiger partial charge < -0.3 is 15.4 Å². The van der Waals surface area contributed by atoms with Crippen molar-refractivity contribution < 1.29 is 9.53 Å². The Hall–Kier alpha value is -1.05. The molecule has 0 aliphatic carbocycles. The first-order valence-electron chi connectivity index (χ1n) is 5.05. The molecule has 0 aliphatic heterocycles. The summed E-state index contributed by atoms with van der Waals surface area (Å²) < 4.78 is 4.91. The molecule has 2 N–H and O–H groups in total. The van der Waals surface area contributed by atoms with E-state index in [1.54, 1.807) is 7.11 Å². The molecule has 0 aromatic rings. The van der Waals surface area contributed by atoms with E-state index in [0.717, 1.165) is 0 Å². The quantitative estimate of drug-likeness (QED) is 0.590. The van der Waals surface area contributed by atoms with Gasteiger partial charge in [0.25, 0.3) is 0 Å². The van der Waals surface area contributed by atoms with Crippen molar-refractivity contribution >= 4 is 5.91 Å². The number of nitrogens with one attached hydrogen (secondary N) is 2. The first-order chi connectivity index (χ1) is 7.10. The third-order valence-electron chi connectivity index (χ3n) is 1.86. The van der Waals surface area contributed by atoms with Crippen molar-refractivity contribution in [1.82, 2.24) is 10.6 Å². The van der Waals surface area contributed by atoms with Gasteiger partial charge in [-0.05, 0) is 13.8 Å². The highest BCUT2D eigenvalue weighted by Gasteiger charge is 2.07. The second kappa shape index (κ2) is 8.27. The molecule has 0 bridgehead atoms. The van der Waals surface area contributed by atoms with Crippen LogP contribution in [-0.4, -0.2) is 38.3 Å². The number of hydrogen-bond donors (Lipinski definition) is 2. The maximum absolute atomic E-state index is 11.4. The van der Waals surface area contributed by atoms with Crippen LogP contribution in [0.3, 0.4) is 0 Å². The molecule has 0 radical (unpaired) electrons. The van der Waals surface area contributed by atoms with Crippen LogP contribution in [0, 0.1) is 12.3 Å². The molecule has 15 heavy (non-hydrogen) atoms. The van der Waals surface area contributed by atoms with Crippen molar-refractivity contribution in [3.05, 3.63) is 0 Å². The summed E-state index contributed by atoms with van der Waals surface area (Å²) in [6.07, 6.45) is 5.77. The molecule has 86 valence electrons. The lowest BCUT2D eigenvalue weighted by molar-refractivity contribution is -0.121. The van der Waals surface area contributed by atoms with Gasteiger partial charge in [0.15, 0.2) is 0 Å². The van der Waals surface area contributed by atoms with Crippen LogP contribution < -0.4 is 10.6 Å². The van der Waals surface area contributed by atoms with Gasteiger partial charge in [-0.25, -0.2) is 0 Å². The van der Waals surface area contributed by atoms with Gasteiger partial charge in [-0.2, -0.15) is 0 Å². The summed E-state index contributed by atoms with van der Waals surface area (Å²) >= 11 is 0. The normalized spacial score (nSPS) is 14.0. The predicted molar refractivity (Wildman–Crippen MR) is 60.4 cm³/mol. The Labute approximate surface area is 91.8 Å². The fourth-order valence-corrected chi connectivity index (χ4v) is 1.13. The zero-order valence-electron chi connectivity index (χ0n) is 9.67. The highest BCUT2D eigenvalue weighted by molar-refractivity contribution is 5.78. The molecule has 0 saturated heterocycles. The fraction of sp³-hybridized carbons (Fsp3) is 0.727. The first kappa shape index (κ1) is 13.9. The van der Waals surface area contributed by atoms with Gasteiger partial charge >= 0.3 is 0 Å². The summed E-state index contributed by atoms with van der Waals surface area (Å²) in [6.45, 7) is 4.65. The predicted octanol–water partition coefficient (Wildman–Crippen LogP) is 0.139. The molecule has 2 unspecified atom stereocenters. The van der Waals surface area contributed by atoms with E-state index in [1.165, 1.54) is 0 Å². The van der Waals surface area contributed by atoms with Crippen LogP contribution >= 0.6 is 0 Å². The second-order valence-corrected chi connectivity index (χ2v) is 3.61. The number of methoxy groups -OCH3 is 1. The highest BCUT2D eigenvalue weighted by Crippen LogP contribution is 1.87. The Morgan fingerprint density at radius 2 is 2.13 bits per heavy atom. The Balaban J connectivity index is 3.62. The Bertz CT molecular complexity index is 223. The molecule has 0 aliphatic rings. The largest absolute Gasteiger partial charge is 0.383 e. The van der Waals surface area contributed by atoms with E-state index in [4.69, 9.17) is 11.2 Å². The Morgan fingerprint density at radius 3 is 2.67 bits per heavy atom. The van der Waals surface area contributed by atoms with Crippen molar-refractivity contribution in [2.45, 2.75) is 32.4 Å². The van der Waals surface area contributed by atoms with Gasteiger partial charge in [0.1, 0.15) is 0 Å². The zero-order chi connectivity index (χ0) is 11.7. The van der Waals surface area contributed by atoms with Crippen LogP contribution in [0.2, 0.25) is 0 Å². The molecule has 0 heterocycles. The average Bonchev–Trinajstić information content (AvgIpc) is 2.15. The lowest BCUT2D eigenvalue weighted by Crippen LogP contribution is -2.42. The van der Waals surface area contributed by atoms with Gasteiger partial charge in [0.2, 0.25) is 5.91 Å². The SMILES string of the molecule is C#CCC(C)NCC(=O)NC(C)COC. The highest BCUT2D eigenvalue weighted by atomic mass is 16.5. The maximum atomic E-state index is 11.4. The van der Waals surface area contributed by atoms with Crippen LogP contribution in [0.5, 0.6) is 0 Å². The Kier molecular flexibility index (Phi) is 7.69. The number of amides is 1. The second-order valence-electron chi connectivity index (χ2n) is 3.61. The van der Waals surface area contributed by atoms with Crippen LogP contribution in [-0.2, 0) is 9.53 Å². The topological polar surface area (TPSA) is 50.4 Å². The number of hydrogen-bond acceptors (Lipinski definition) is 3. The molecular formula is C11H20N2O2. The standard InChI is InChI=1S/C11H20N2O2/c1-5-6-9(2)12-7-11(14)13-10(3)8-15-4/h1,9-10,12H,6-8H2,2-4H3,(H,13,14). The van der Waals surface area contributed by atoms with Crippen molar-refractivity contribution in [3.63, 3.8) is 0 Å². The molecule has 0 aromatic carbocycles. The summed E-state index contributed by atoms with van der Waals surface area (Å²) in [5, 5.41) is 5.84. The average molecular weight is 212 g/mol. The number of carbonyl (C=O) groups excluding carboxylic acids is 1. The third-order valence-corrected chi connectivity index (χ3v) is 1.86. The van der Waals surface area contributed by atoms with E-state index in [0.29, 0.717) is 13.0 Å². The van der Waals surface area contributed by atoms with E-state index >= 15 is 0 Å². The van der Waals surface area contributed by atoms with Gasteiger partial charge in [0, 0.05) is 25.6 Å². The van der Waals surface area contributed by atoms with E-state index in [9.17, 15) is 4.79 Å². The number of terminal acetylenes is 1. The van der Waals surface area contributed by atoms with Crippen molar-refractivity contribution in [3.8, 4) is 12.3 Å². The number of carbonyl (C=O) groups is 1. The lowest BCUT2D eigenvalue weighted by atomic mass is 10.2. The molecule has 0 fully saturated rings. The first-order valence-corrected chi connectivity index (χ1v) is 5.05. The summed E-state index contributed by atoms with van der Waals surface area (Å²) in [6, 6.07) is 0.200. The van der Waals surface area contributed by atoms with Crippen LogP contribution in [0.4, 0.5) is 0 Å². The molecule has 0 aromatic heterocycles. The molecule has 4 nitrogen and oxygen atoms in total. The minimum Gasteiger partial charge on any atom is -0.383 e. The molecule has 0 spiro atoms. The third kappa shape index (κ3) is 7.98. The molecule has 2 atom stereocenters. The summed E-state index contributed by atoms with van der Waals surface area (Å²) in [4.78, 5) is 11.4. The molecule has 4 heteroatoms. The molecule has 0 saturated carbocycles. The lowest BCUT2D eigenvalue weighted by Gasteiger charge is -2.14. The fourth-order valence-electron chi connectivity index (χ4n) is 1.13. The van der Waals surface area contributed by atoms with E-state index < -0.39 is 0 Å². The van der Waals surface area contributed by atoms with Gasteiger partial charge in [0.05, 0.1) is 13.2 Å². The summed E-state index contributed by atoms with van der Waals surface area (Å²) in [5.41, 5.74) is 0. The molecule has 1 amide bonds. The summed E-state index contributed by atoms with van der Waals surface area (Å²) in [5.74, 6) is 2.50. The monoisotopic (exact) mass is 212 g/mol. The van der Waals surface area contributed by atoms with Gasteiger partial charge in [-0.1, -0.05) is 0 Å². The Morgan fingerprint density at radius 1 is 1.47 bits per heavy atom. The maximum Gasteiger partial charge on any atom is 0.234 e. The van der Waals surface area contributed by atoms with Crippen molar-refractivity contribution in [2.75, 3.05) is 20.3 Å². The van der Waals surface area contributed by atoms with Crippen LogP contribution in [0.25, 0.3) is 0 Å². The number of rotatable bonds is 7. The zero-order valence-corrected chi connectivity index (χ0v) is 9.67.